The lowest BCUT2D eigenvalue weighted by Crippen LogP contribution is -2.10. The second-order valence-electron chi connectivity index (χ2n) is 7.38. The van der Waals surface area contributed by atoms with Gasteiger partial charge in [0.1, 0.15) is 0 Å². The van der Waals surface area contributed by atoms with Gasteiger partial charge in [0.05, 0.1) is 41.3 Å². The van der Waals surface area contributed by atoms with Gasteiger partial charge in [-0.25, -0.2) is 0 Å². The monoisotopic (exact) mass is 462 g/mol. The molecular weight excluding hydrogens is 432 g/mol. The number of carbonyl (C=O) groups excluding carboxylic acids is 4. The van der Waals surface area contributed by atoms with Crippen molar-refractivity contribution in [2.45, 2.75) is 44.9 Å². The highest BCUT2D eigenvalue weighted by molar-refractivity contribution is 5.74. The number of aromatic nitrogens is 2. The maximum atomic E-state index is 11.8. The Morgan fingerprint density at radius 2 is 1.00 bits per heavy atom. The van der Waals surface area contributed by atoms with Gasteiger partial charge in [-0.15, -0.1) is 0 Å². The molecule has 2 N–H and O–H groups in total. The first-order chi connectivity index (χ1) is 15.8. The van der Waals surface area contributed by atoms with Crippen LogP contribution in [0.5, 0.6) is 0 Å². The van der Waals surface area contributed by atoms with Crippen LogP contribution in [-0.2, 0) is 70.2 Å². The number of hydrogen-bond acceptors (Lipinski definition) is 8. The standard InChI is InChI=1S/C23H30N2O8/c1-30-20(26)7-5-16-14(9-22(28)32-3)12-24-18(16)11-19-17(6-8-21(27)31-2)15(13-25-19)10-23(29)33-4/h12-13,24-25H,5-11H2,1-4H3. The Bertz CT molecular complexity index is 910. The van der Waals surface area contributed by atoms with Gasteiger partial charge >= 0.3 is 23.9 Å². The largest absolute Gasteiger partial charge is 0.469 e. The van der Waals surface area contributed by atoms with E-state index >= 15 is 0 Å². The molecule has 0 amide bonds. The maximum absolute atomic E-state index is 11.8. The molecule has 0 spiro atoms. The van der Waals surface area contributed by atoms with Gasteiger partial charge in [-0.3, -0.25) is 19.2 Å². The van der Waals surface area contributed by atoms with E-state index in [1.807, 2.05) is 0 Å². The second kappa shape index (κ2) is 12.5. The Hall–Kier alpha value is -3.56. The number of aromatic amines is 2. The van der Waals surface area contributed by atoms with Gasteiger partial charge in [-0.2, -0.15) is 0 Å². The van der Waals surface area contributed by atoms with Gasteiger partial charge in [0.15, 0.2) is 0 Å². The van der Waals surface area contributed by atoms with Crippen molar-refractivity contribution in [1.29, 1.82) is 0 Å². The number of nitrogens with one attached hydrogen (secondary N) is 2. The number of carbonyl (C=O) groups is 4. The molecule has 33 heavy (non-hydrogen) atoms. The highest BCUT2D eigenvalue weighted by Crippen LogP contribution is 2.25. The molecule has 0 unspecified atom stereocenters. The summed E-state index contributed by atoms with van der Waals surface area (Å²) in [5.74, 6) is -1.49. The minimum Gasteiger partial charge on any atom is -0.469 e. The molecule has 0 saturated heterocycles. The molecule has 0 aliphatic heterocycles. The minimum atomic E-state index is -0.390. The molecule has 0 saturated carbocycles. The molecule has 2 aromatic rings. The SMILES string of the molecule is COC(=O)CCc1c(CC(=O)OC)c[nH]c1Cc1[nH]cc(CC(=O)OC)c1CCC(=O)OC. The van der Waals surface area contributed by atoms with Crippen molar-refractivity contribution in [1.82, 2.24) is 9.97 Å². The molecule has 0 aliphatic rings. The Morgan fingerprint density at radius 3 is 1.33 bits per heavy atom. The van der Waals surface area contributed by atoms with Crippen molar-refractivity contribution < 1.29 is 38.1 Å². The Kier molecular flexibility index (Phi) is 9.71. The van der Waals surface area contributed by atoms with Gasteiger partial charge in [-0.05, 0) is 35.1 Å². The summed E-state index contributed by atoms with van der Waals surface area (Å²) in [6.07, 6.45) is 5.07. The predicted molar refractivity (Wildman–Crippen MR) is 117 cm³/mol. The van der Waals surface area contributed by atoms with Crippen LogP contribution in [0.2, 0.25) is 0 Å². The van der Waals surface area contributed by atoms with Crippen LogP contribution in [0.25, 0.3) is 0 Å². The fourth-order valence-corrected chi connectivity index (χ4v) is 3.63. The van der Waals surface area contributed by atoms with Crippen LogP contribution < -0.4 is 0 Å². The minimum absolute atomic E-state index is 0.0665. The first-order valence-corrected chi connectivity index (χ1v) is 10.5. The van der Waals surface area contributed by atoms with Crippen molar-refractivity contribution >= 4 is 23.9 Å². The fraction of sp³-hybridized carbons (Fsp3) is 0.478. The van der Waals surface area contributed by atoms with Crippen LogP contribution in [0, 0.1) is 0 Å². The van der Waals surface area contributed by atoms with E-state index in [0.29, 0.717) is 19.3 Å². The number of esters is 4. The van der Waals surface area contributed by atoms with Crippen LogP contribution in [0.3, 0.4) is 0 Å². The van der Waals surface area contributed by atoms with E-state index in [4.69, 9.17) is 18.9 Å². The van der Waals surface area contributed by atoms with Gasteiger partial charge in [0.2, 0.25) is 0 Å². The molecule has 10 nitrogen and oxygen atoms in total. The average molecular weight is 462 g/mol. The zero-order valence-corrected chi connectivity index (χ0v) is 19.4. The van der Waals surface area contributed by atoms with Crippen molar-refractivity contribution in [3.8, 4) is 0 Å². The van der Waals surface area contributed by atoms with Crippen molar-refractivity contribution in [2.75, 3.05) is 28.4 Å². The van der Waals surface area contributed by atoms with Crippen LogP contribution in [0.1, 0.15) is 46.5 Å². The van der Waals surface area contributed by atoms with Crippen molar-refractivity contribution in [2.24, 2.45) is 0 Å². The molecule has 10 heteroatoms. The summed E-state index contributed by atoms with van der Waals surface area (Å²) in [5.41, 5.74) is 4.74. The van der Waals surface area contributed by atoms with E-state index in [2.05, 4.69) is 9.97 Å². The van der Waals surface area contributed by atoms with Crippen LogP contribution >= 0.6 is 0 Å². The van der Waals surface area contributed by atoms with Crippen molar-refractivity contribution in [3.05, 3.63) is 46.0 Å². The predicted octanol–water partition coefficient (Wildman–Crippen LogP) is 1.58. The first kappa shape index (κ1) is 25.7. The normalized spacial score (nSPS) is 10.5. The fourth-order valence-electron chi connectivity index (χ4n) is 3.63. The molecule has 0 aliphatic carbocycles. The summed E-state index contributed by atoms with van der Waals surface area (Å²) >= 11 is 0. The lowest BCUT2D eigenvalue weighted by molar-refractivity contribution is -0.141. The summed E-state index contributed by atoms with van der Waals surface area (Å²) in [4.78, 5) is 53.5. The number of rotatable bonds is 12. The third kappa shape index (κ3) is 7.23. The lowest BCUT2D eigenvalue weighted by Gasteiger charge is -2.10. The van der Waals surface area contributed by atoms with Gasteiger partial charge in [0, 0.05) is 43.0 Å². The Morgan fingerprint density at radius 1 is 0.636 bits per heavy atom. The van der Waals surface area contributed by atoms with Crippen LogP contribution in [-0.4, -0.2) is 62.3 Å². The summed E-state index contributed by atoms with van der Waals surface area (Å²) in [5, 5.41) is 0. The van der Waals surface area contributed by atoms with E-state index in [1.165, 1.54) is 28.4 Å². The molecule has 2 heterocycles. The molecular formula is C23H30N2O8. The molecule has 0 atom stereocenters. The van der Waals surface area contributed by atoms with E-state index in [9.17, 15) is 19.2 Å². The maximum Gasteiger partial charge on any atom is 0.310 e. The molecule has 0 radical (unpaired) electrons. The molecule has 2 aromatic heterocycles. The van der Waals surface area contributed by atoms with E-state index in [1.54, 1.807) is 12.4 Å². The molecule has 180 valence electrons. The van der Waals surface area contributed by atoms with Crippen molar-refractivity contribution in [3.63, 3.8) is 0 Å². The van der Waals surface area contributed by atoms with Gasteiger partial charge in [0.25, 0.3) is 0 Å². The van der Waals surface area contributed by atoms with E-state index in [-0.39, 0.29) is 49.6 Å². The summed E-state index contributed by atoms with van der Waals surface area (Å²) < 4.78 is 19.1. The Labute approximate surface area is 191 Å². The number of ether oxygens (including phenoxy) is 4. The highest BCUT2D eigenvalue weighted by atomic mass is 16.5. The summed E-state index contributed by atoms with van der Waals surface area (Å²) in [7, 11) is 5.29. The van der Waals surface area contributed by atoms with Crippen LogP contribution in [0.4, 0.5) is 0 Å². The average Bonchev–Trinajstić information content (AvgIpc) is 3.38. The third-order valence-electron chi connectivity index (χ3n) is 5.44. The highest BCUT2D eigenvalue weighted by Gasteiger charge is 2.20. The topological polar surface area (TPSA) is 137 Å². The number of H-pyrrole nitrogens is 2. The summed E-state index contributed by atoms with van der Waals surface area (Å²) in [6.45, 7) is 0. The number of hydrogen-bond donors (Lipinski definition) is 2. The van der Waals surface area contributed by atoms with Crippen LogP contribution in [0.15, 0.2) is 12.4 Å². The van der Waals surface area contributed by atoms with E-state index in [0.717, 1.165) is 33.6 Å². The molecule has 2 rings (SSSR count). The van der Waals surface area contributed by atoms with E-state index < -0.39 is 0 Å². The summed E-state index contributed by atoms with van der Waals surface area (Å²) in [6, 6.07) is 0. The molecule has 0 aromatic carbocycles. The first-order valence-electron chi connectivity index (χ1n) is 10.5. The third-order valence-corrected chi connectivity index (χ3v) is 5.44. The quantitative estimate of drug-likeness (QED) is 0.358. The lowest BCUT2D eigenvalue weighted by atomic mass is 9.97. The zero-order valence-electron chi connectivity index (χ0n) is 19.4. The zero-order chi connectivity index (χ0) is 24.4. The van der Waals surface area contributed by atoms with Gasteiger partial charge < -0.3 is 28.9 Å². The number of methoxy groups -OCH3 is 4. The molecule has 0 fully saturated rings. The Balaban J connectivity index is 2.36. The van der Waals surface area contributed by atoms with Gasteiger partial charge in [-0.1, -0.05) is 0 Å². The smallest absolute Gasteiger partial charge is 0.310 e. The molecule has 0 bridgehead atoms. The second-order valence-corrected chi connectivity index (χ2v) is 7.38.